The van der Waals surface area contributed by atoms with E-state index in [1.807, 2.05) is 85.0 Å². The fourth-order valence-corrected chi connectivity index (χ4v) is 2.20. The van der Waals surface area contributed by atoms with Gasteiger partial charge in [0, 0.05) is 19.4 Å². The van der Waals surface area contributed by atoms with Gasteiger partial charge in [-0.1, -0.05) is 0 Å². The zero-order chi connectivity index (χ0) is 16.8. The predicted molar refractivity (Wildman–Crippen MR) is 95.8 cm³/mol. The molecule has 1 aliphatic rings. The summed E-state index contributed by atoms with van der Waals surface area (Å²) >= 11 is 0. The third-order valence-corrected chi connectivity index (χ3v) is 3.39. The van der Waals surface area contributed by atoms with E-state index in [0.717, 1.165) is 17.1 Å². The van der Waals surface area contributed by atoms with Gasteiger partial charge in [0.15, 0.2) is 0 Å². The fraction of sp³-hybridized carbons (Fsp3) is 0.105. The van der Waals surface area contributed by atoms with Crippen molar-refractivity contribution >= 4 is 12.0 Å². The molecule has 0 spiro atoms. The number of benzene rings is 2. The number of anilines is 1. The van der Waals surface area contributed by atoms with Crippen LogP contribution < -0.4 is 4.90 Å². The number of aryl methyl sites for hydroxylation is 1. The van der Waals surface area contributed by atoms with Crippen LogP contribution in [0, 0.1) is 18.8 Å². The summed E-state index contributed by atoms with van der Waals surface area (Å²) in [5.74, 6) is 0.954. The Morgan fingerprint density at radius 1 is 1.00 bits per heavy atom. The summed E-state index contributed by atoms with van der Waals surface area (Å²) in [5, 5.41) is 5.80. The average Bonchev–Trinajstić information content (AvgIpc) is 3.25. The number of imidazole rings is 1. The molecule has 0 atom stereocenters. The van der Waals surface area contributed by atoms with Gasteiger partial charge in [-0.2, -0.15) is 30.3 Å². The van der Waals surface area contributed by atoms with Crippen molar-refractivity contribution in [3.63, 3.8) is 0 Å². The third kappa shape index (κ3) is 5.02. The molecule has 0 fully saturated rings. The number of para-hydroxylation sites is 1. The smallest absolute Gasteiger partial charge is 0.483 e. The Morgan fingerprint density at radius 3 is 2.28 bits per heavy atom. The van der Waals surface area contributed by atoms with Gasteiger partial charge in [0.05, 0.1) is 12.2 Å². The first-order valence-electron chi connectivity index (χ1n) is 7.55. The Bertz CT molecular complexity index is 786. The normalized spacial score (nSPS) is 12.4. The summed E-state index contributed by atoms with van der Waals surface area (Å²) in [7, 11) is 3.86. The zero-order valence-corrected chi connectivity index (χ0v) is 16.4. The monoisotopic (exact) mass is 509 g/mol. The first-order valence-corrected chi connectivity index (χ1v) is 7.55. The van der Waals surface area contributed by atoms with E-state index >= 15 is 0 Å². The molecule has 0 saturated heterocycles. The molecule has 0 unspecified atom stereocenters. The van der Waals surface area contributed by atoms with Crippen LogP contribution in [0.5, 0.6) is 0 Å². The molecule has 0 aliphatic carbocycles. The average molecular weight is 509 g/mol. The van der Waals surface area contributed by atoms with Gasteiger partial charge in [0.25, 0.3) is 0 Å². The molecule has 0 N–H and O–H groups in total. The van der Waals surface area contributed by atoms with Crippen LogP contribution >= 0.6 is 0 Å². The summed E-state index contributed by atoms with van der Waals surface area (Å²) in [4.78, 5) is 6.13. The number of hydrogen-bond acceptors (Lipinski definition) is 4. The number of nitrogens with zero attached hydrogens (tertiary/aromatic N) is 5. The minimum absolute atomic E-state index is 0. The largest absolute Gasteiger partial charge is 3.00 e. The molecule has 6 heteroatoms. The van der Waals surface area contributed by atoms with Crippen LogP contribution in [0.3, 0.4) is 0 Å². The molecule has 4 rings (SSSR count). The second-order valence-electron chi connectivity index (χ2n) is 5.21. The topological polar surface area (TPSA) is 36.7 Å². The van der Waals surface area contributed by atoms with Crippen molar-refractivity contribution in [2.45, 2.75) is 0 Å². The minimum atomic E-state index is 0. The molecule has 0 radical (unpaired) electrons. The molecular weight excluding hydrogens is 490 g/mol. The summed E-state index contributed by atoms with van der Waals surface area (Å²) in [6.07, 6.45) is 5.47. The van der Waals surface area contributed by atoms with Gasteiger partial charge in [-0.05, 0) is 7.05 Å². The fourth-order valence-electron chi connectivity index (χ4n) is 2.20. The van der Waals surface area contributed by atoms with Crippen molar-refractivity contribution in [2.24, 2.45) is 12.1 Å². The van der Waals surface area contributed by atoms with Gasteiger partial charge in [-0.15, -0.1) is 48.3 Å². The van der Waals surface area contributed by atoms with E-state index in [0.29, 0.717) is 0 Å². The molecule has 0 amide bonds. The van der Waals surface area contributed by atoms with Crippen molar-refractivity contribution in [1.82, 2.24) is 14.6 Å². The first kappa shape index (κ1) is 18.9. The summed E-state index contributed by atoms with van der Waals surface area (Å²) in [5.41, 5.74) is 2.04. The molecule has 0 bridgehead atoms. The Labute approximate surface area is 162 Å². The van der Waals surface area contributed by atoms with Crippen molar-refractivity contribution < 1.29 is 20.1 Å². The summed E-state index contributed by atoms with van der Waals surface area (Å²) < 4.78 is 1.98. The SMILES string of the molecule is CN1[CH-]N(c2[c-]cccc2)C=N1.Cn1ccnc1-c1[c-]cccc1.[Ir+3]. The Hall–Kier alpha value is -2.43. The van der Waals surface area contributed by atoms with Gasteiger partial charge in [-0.25, -0.2) is 5.10 Å². The molecule has 0 saturated carbocycles. The van der Waals surface area contributed by atoms with Gasteiger partial charge < -0.3 is 14.5 Å². The zero-order valence-electron chi connectivity index (χ0n) is 14.0. The number of hydrogen-bond donors (Lipinski definition) is 0. The maximum absolute atomic E-state index is 4.22. The van der Waals surface area contributed by atoms with Gasteiger partial charge in [-0.3, -0.25) is 4.98 Å². The van der Waals surface area contributed by atoms with Crippen LogP contribution in [0.2, 0.25) is 0 Å². The Balaban J connectivity index is 0.000000173. The molecule has 1 aliphatic heterocycles. The summed E-state index contributed by atoms with van der Waals surface area (Å²) in [6.45, 7) is 1.89. The molecule has 2 heterocycles. The van der Waals surface area contributed by atoms with Crippen LogP contribution in [-0.4, -0.2) is 27.9 Å². The molecule has 5 nitrogen and oxygen atoms in total. The third-order valence-electron chi connectivity index (χ3n) is 3.39. The molecule has 3 aromatic rings. The quantitative estimate of drug-likeness (QED) is 0.499. The van der Waals surface area contributed by atoms with E-state index in [2.05, 4.69) is 22.2 Å². The van der Waals surface area contributed by atoms with E-state index in [-0.39, 0.29) is 20.1 Å². The standard InChI is InChI=1S/C10H9N2.C9H9N3.Ir/c1-12-8-7-11-10(12)9-5-3-2-4-6-9;1-11-8-12(7-10-11)9-5-3-2-4-6-9;/h2*2-5,7-8H,1H3;/q-1;-2;+3. The van der Waals surface area contributed by atoms with Crippen molar-refractivity contribution in [2.75, 3.05) is 11.9 Å². The minimum Gasteiger partial charge on any atom is -0.483 e. The summed E-state index contributed by atoms with van der Waals surface area (Å²) in [6, 6.07) is 21.9. The Kier molecular flexibility index (Phi) is 6.92. The maximum atomic E-state index is 4.22. The second-order valence-corrected chi connectivity index (χ2v) is 5.21. The first-order chi connectivity index (χ1) is 11.7. The van der Waals surface area contributed by atoms with E-state index < -0.39 is 0 Å². The number of aromatic nitrogens is 2. The molecule has 25 heavy (non-hydrogen) atoms. The molecule has 1 aromatic heterocycles. The second kappa shape index (κ2) is 9.16. The van der Waals surface area contributed by atoms with E-state index in [9.17, 15) is 0 Å². The van der Waals surface area contributed by atoms with Gasteiger partial charge in [0.2, 0.25) is 0 Å². The van der Waals surface area contributed by atoms with Gasteiger partial charge in [0.1, 0.15) is 0 Å². The van der Waals surface area contributed by atoms with E-state index in [4.69, 9.17) is 0 Å². The molecular formula is C19H18IrN5. The van der Waals surface area contributed by atoms with Crippen LogP contribution in [0.1, 0.15) is 0 Å². The maximum Gasteiger partial charge on any atom is 3.00 e. The van der Waals surface area contributed by atoms with E-state index in [1.54, 1.807) is 17.5 Å². The van der Waals surface area contributed by atoms with Crippen molar-refractivity contribution in [3.05, 3.63) is 79.7 Å². The molecule has 128 valence electrons. The van der Waals surface area contributed by atoms with Crippen LogP contribution in [0.15, 0.2) is 66.0 Å². The predicted octanol–water partition coefficient (Wildman–Crippen LogP) is 3.19. The number of rotatable bonds is 2. The van der Waals surface area contributed by atoms with Crippen LogP contribution in [0.4, 0.5) is 5.69 Å². The van der Waals surface area contributed by atoms with Crippen molar-refractivity contribution in [1.29, 1.82) is 0 Å². The van der Waals surface area contributed by atoms with Crippen LogP contribution in [0.25, 0.3) is 11.4 Å². The molecule has 2 aromatic carbocycles. The Morgan fingerprint density at radius 2 is 1.76 bits per heavy atom. The van der Waals surface area contributed by atoms with Gasteiger partial charge >= 0.3 is 20.1 Å². The van der Waals surface area contributed by atoms with Crippen LogP contribution in [-0.2, 0) is 27.2 Å². The number of hydrazone groups is 1. The van der Waals surface area contributed by atoms with Crippen molar-refractivity contribution in [3.8, 4) is 11.4 Å². The van der Waals surface area contributed by atoms with E-state index in [1.165, 1.54) is 0 Å².